The van der Waals surface area contributed by atoms with Gasteiger partial charge in [0.1, 0.15) is 0 Å². The van der Waals surface area contributed by atoms with E-state index in [9.17, 15) is 23.6 Å². The Morgan fingerprint density at radius 3 is 2.36 bits per heavy atom. The number of hydrogen-bond acceptors (Lipinski definition) is 7. The molecule has 0 amide bonds. The lowest BCUT2D eigenvalue weighted by Gasteiger charge is -2.29. The highest BCUT2D eigenvalue weighted by atomic mass is 32.2. The first kappa shape index (κ1) is 16.8. The summed E-state index contributed by atoms with van der Waals surface area (Å²) in [5.74, 6) is -0.430. The van der Waals surface area contributed by atoms with Crippen molar-refractivity contribution in [2.45, 2.75) is 18.7 Å². The van der Waals surface area contributed by atoms with Gasteiger partial charge >= 0.3 is 0 Å². The Labute approximate surface area is 128 Å². The van der Waals surface area contributed by atoms with E-state index in [0.29, 0.717) is 6.54 Å². The molecule has 1 aromatic carbocycles. The Morgan fingerprint density at radius 2 is 1.91 bits per heavy atom. The van der Waals surface area contributed by atoms with Gasteiger partial charge in [0.25, 0.3) is 5.69 Å². The maximum Gasteiger partial charge on any atom is 0.269 e. The standard InChI is InChI=1S/C13H18N2O6S/c16-6-5-14(12-8-22(20,21)9-13(12)17)7-10-1-3-11(4-2-10)15(18)19/h1-4,12-13,16-17H,5-9H2/t12-,13-/m0/s1. The van der Waals surface area contributed by atoms with Gasteiger partial charge in [0.15, 0.2) is 9.84 Å². The summed E-state index contributed by atoms with van der Waals surface area (Å²) in [6.45, 7) is 0.348. The van der Waals surface area contributed by atoms with Gasteiger partial charge in [-0.3, -0.25) is 15.0 Å². The van der Waals surface area contributed by atoms with Crippen LogP contribution in [0.1, 0.15) is 5.56 Å². The number of nitro groups is 1. The SMILES string of the molecule is O=[N+]([O-])c1ccc(CN(CCO)[C@H]2CS(=O)(=O)C[C@@H]2O)cc1. The van der Waals surface area contributed by atoms with Crippen molar-refractivity contribution in [2.75, 3.05) is 24.7 Å². The van der Waals surface area contributed by atoms with Gasteiger partial charge in [-0.05, 0) is 5.56 Å². The minimum Gasteiger partial charge on any atom is -0.395 e. The second-order valence-corrected chi connectivity index (χ2v) is 7.48. The molecule has 0 radical (unpaired) electrons. The summed E-state index contributed by atoms with van der Waals surface area (Å²) in [4.78, 5) is 11.8. The molecule has 0 saturated carbocycles. The molecule has 1 heterocycles. The van der Waals surface area contributed by atoms with Crippen LogP contribution in [0.3, 0.4) is 0 Å². The number of aliphatic hydroxyl groups excluding tert-OH is 2. The third-order valence-corrected chi connectivity index (χ3v) is 5.38. The van der Waals surface area contributed by atoms with Gasteiger partial charge in [-0.25, -0.2) is 8.42 Å². The molecule has 0 aromatic heterocycles. The van der Waals surface area contributed by atoms with Crippen molar-refractivity contribution in [3.8, 4) is 0 Å². The number of hydrogen-bond donors (Lipinski definition) is 2. The van der Waals surface area contributed by atoms with E-state index in [1.165, 1.54) is 12.1 Å². The van der Waals surface area contributed by atoms with E-state index in [1.807, 2.05) is 0 Å². The molecule has 0 unspecified atom stereocenters. The van der Waals surface area contributed by atoms with Crippen LogP contribution in [0, 0.1) is 10.1 Å². The molecule has 1 aliphatic rings. The van der Waals surface area contributed by atoms with Crippen LogP contribution in [-0.4, -0.2) is 65.3 Å². The summed E-state index contributed by atoms with van der Waals surface area (Å²) in [6, 6.07) is 5.33. The van der Waals surface area contributed by atoms with Crippen molar-refractivity contribution in [3.63, 3.8) is 0 Å². The van der Waals surface area contributed by atoms with Crippen molar-refractivity contribution < 1.29 is 23.6 Å². The lowest BCUT2D eigenvalue weighted by molar-refractivity contribution is -0.384. The first-order valence-corrected chi connectivity index (χ1v) is 8.61. The number of nitro benzene ring substituents is 1. The molecule has 8 nitrogen and oxygen atoms in total. The van der Waals surface area contributed by atoms with Crippen LogP contribution in [0.25, 0.3) is 0 Å². The molecule has 2 N–H and O–H groups in total. The number of rotatable bonds is 6. The number of sulfone groups is 1. The van der Waals surface area contributed by atoms with Crippen LogP contribution in [0.15, 0.2) is 24.3 Å². The molecule has 122 valence electrons. The average Bonchev–Trinajstić information content (AvgIpc) is 2.72. The van der Waals surface area contributed by atoms with E-state index in [2.05, 4.69) is 0 Å². The Balaban J connectivity index is 2.13. The molecule has 9 heteroatoms. The molecule has 0 aliphatic carbocycles. The van der Waals surface area contributed by atoms with Gasteiger partial charge in [-0.2, -0.15) is 0 Å². The van der Waals surface area contributed by atoms with Crippen molar-refractivity contribution in [2.24, 2.45) is 0 Å². The first-order chi connectivity index (χ1) is 10.3. The molecule has 1 aromatic rings. The molecule has 2 atom stereocenters. The summed E-state index contributed by atoms with van der Waals surface area (Å²) in [7, 11) is -3.28. The van der Waals surface area contributed by atoms with Crippen LogP contribution in [0.5, 0.6) is 0 Å². The van der Waals surface area contributed by atoms with E-state index in [4.69, 9.17) is 5.11 Å². The van der Waals surface area contributed by atoms with Gasteiger partial charge in [-0.15, -0.1) is 0 Å². The maximum atomic E-state index is 11.6. The van der Waals surface area contributed by atoms with Crippen molar-refractivity contribution in [1.82, 2.24) is 4.90 Å². The fourth-order valence-electron chi connectivity index (χ4n) is 2.61. The number of nitrogens with zero attached hydrogens (tertiary/aromatic N) is 2. The van der Waals surface area contributed by atoms with Crippen LogP contribution in [0.2, 0.25) is 0 Å². The monoisotopic (exact) mass is 330 g/mol. The Kier molecular flexibility index (Phi) is 5.12. The van der Waals surface area contributed by atoms with E-state index >= 15 is 0 Å². The molecule has 1 aliphatic heterocycles. The fraction of sp³-hybridized carbons (Fsp3) is 0.538. The van der Waals surface area contributed by atoms with Gasteiger partial charge in [0.2, 0.25) is 0 Å². The first-order valence-electron chi connectivity index (χ1n) is 6.79. The molecular weight excluding hydrogens is 312 g/mol. The maximum absolute atomic E-state index is 11.6. The van der Waals surface area contributed by atoms with E-state index < -0.39 is 26.9 Å². The molecular formula is C13H18N2O6S. The predicted octanol–water partition coefficient (Wildman–Crippen LogP) is -0.453. The van der Waals surface area contributed by atoms with Crippen LogP contribution in [-0.2, 0) is 16.4 Å². The molecule has 1 fully saturated rings. The van der Waals surface area contributed by atoms with Crippen molar-refractivity contribution in [1.29, 1.82) is 0 Å². The predicted molar refractivity (Wildman–Crippen MR) is 79.0 cm³/mol. The Morgan fingerprint density at radius 1 is 1.27 bits per heavy atom. The van der Waals surface area contributed by atoms with Gasteiger partial charge in [0, 0.05) is 25.2 Å². The molecule has 2 rings (SSSR count). The van der Waals surface area contributed by atoms with Crippen LogP contribution >= 0.6 is 0 Å². The lowest BCUT2D eigenvalue weighted by atomic mass is 10.1. The normalized spacial score (nSPS) is 23.8. The van der Waals surface area contributed by atoms with Crippen LogP contribution in [0.4, 0.5) is 5.69 Å². The average molecular weight is 330 g/mol. The van der Waals surface area contributed by atoms with E-state index in [1.54, 1.807) is 17.0 Å². The summed E-state index contributed by atoms with van der Waals surface area (Å²) in [5, 5.41) is 29.7. The highest BCUT2D eigenvalue weighted by molar-refractivity contribution is 7.91. The number of aliphatic hydroxyl groups is 2. The summed E-state index contributed by atoms with van der Waals surface area (Å²) in [6.07, 6.45) is -0.991. The highest BCUT2D eigenvalue weighted by Crippen LogP contribution is 2.21. The van der Waals surface area contributed by atoms with Gasteiger partial charge in [-0.1, -0.05) is 12.1 Å². The minimum absolute atomic E-state index is 0.0269. The summed E-state index contributed by atoms with van der Waals surface area (Å²) >= 11 is 0. The zero-order valence-electron chi connectivity index (χ0n) is 11.8. The second-order valence-electron chi connectivity index (χ2n) is 5.33. The molecule has 1 saturated heterocycles. The zero-order chi connectivity index (χ0) is 16.3. The third kappa shape index (κ3) is 4.01. The Bertz CT molecular complexity index is 630. The number of benzene rings is 1. The largest absolute Gasteiger partial charge is 0.395 e. The third-order valence-electron chi connectivity index (χ3n) is 3.68. The molecule has 0 spiro atoms. The number of non-ortho nitro benzene ring substituents is 1. The molecule has 0 bridgehead atoms. The van der Waals surface area contributed by atoms with E-state index in [0.717, 1.165) is 5.56 Å². The fourth-order valence-corrected chi connectivity index (χ4v) is 4.44. The zero-order valence-corrected chi connectivity index (χ0v) is 12.6. The Hall–Kier alpha value is -1.55. The summed E-state index contributed by atoms with van der Waals surface area (Å²) < 4.78 is 23.2. The minimum atomic E-state index is -3.28. The van der Waals surface area contributed by atoms with Gasteiger partial charge < -0.3 is 10.2 Å². The summed E-state index contributed by atoms with van der Waals surface area (Å²) in [5.41, 5.74) is 0.719. The van der Waals surface area contributed by atoms with Gasteiger partial charge in [0.05, 0.1) is 35.2 Å². The smallest absolute Gasteiger partial charge is 0.269 e. The van der Waals surface area contributed by atoms with Crippen molar-refractivity contribution >= 4 is 15.5 Å². The molecule has 22 heavy (non-hydrogen) atoms. The highest BCUT2D eigenvalue weighted by Gasteiger charge is 2.39. The lowest BCUT2D eigenvalue weighted by Crippen LogP contribution is -2.44. The van der Waals surface area contributed by atoms with Crippen LogP contribution < -0.4 is 0 Å². The quantitative estimate of drug-likeness (QED) is 0.535. The van der Waals surface area contributed by atoms with Crippen molar-refractivity contribution in [3.05, 3.63) is 39.9 Å². The second kappa shape index (κ2) is 6.69. The topological polar surface area (TPSA) is 121 Å². The van der Waals surface area contributed by atoms with E-state index in [-0.39, 0.29) is 30.3 Å².